The summed E-state index contributed by atoms with van der Waals surface area (Å²) in [5, 5.41) is 4.22. The van der Waals surface area contributed by atoms with Crippen LogP contribution in [0, 0.1) is 5.82 Å². The Morgan fingerprint density at radius 3 is 2.80 bits per heavy atom. The molecule has 2 aromatic heterocycles. The predicted octanol–water partition coefficient (Wildman–Crippen LogP) is 3.78. The van der Waals surface area contributed by atoms with Gasteiger partial charge in [0.05, 0.1) is 11.3 Å². The zero-order chi connectivity index (χ0) is 14.1. The molecule has 4 nitrogen and oxygen atoms in total. The molecule has 0 saturated carbocycles. The zero-order valence-corrected chi connectivity index (χ0v) is 10.9. The SMILES string of the molecule is Nc1onc(-c2cc(Cl)ccc2F)c1-c1ccccn1. The average molecular weight is 290 g/mol. The van der Waals surface area contributed by atoms with Gasteiger partial charge in [0.2, 0.25) is 5.88 Å². The molecule has 0 amide bonds. The number of anilines is 1. The molecule has 0 radical (unpaired) electrons. The van der Waals surface area contributed by atoms with Crippen LogP contribution in [0.1, 0.15) is 0 Å². The van der Waals surface area contributed by atoms with Crippen LogP contribution in [0.2, 0.25) is 5.02 Å². The number of hydrogen-bond acceptors (Lipinski definition) is 4. The summed E-state index contributed by atoms with van der Waals surface area (Å²) in [4.78, 5) is 4.18. The van der Waals surface area contributed by atoms with Gasteiger partial charge in [-0.2, -0.15) is 0 Å². The van der Waals surface area contributed by atoms with Crippen molar-refractivity contribution in [2.75, 3.05) is 5.73 Å². The van der Waals surface area contributed by atoms with Gasteiger partial charge in [-0.15, -0.1) is 0 Å². The number of nitrogens with zero attached hydrogens (tertiary/aromatic N) is 2. The third-order valence-electron chi connectivity index (χ3n) is 2.82. The maximum absolute atomic E-state index is 14.0. The van der Waals surface area contributed by atoms with Crippen LogP contribution in [0.4, 0.5) is 10.3 Å². The van der Waals surface area contributed by atoms with Crippen LogP contribution in [-0.2, 0) is 0 Å². The van der Waals surface area contributed by atoms with Gasteiger partial charge in [0.15, 0.2) is 0 Å². The van der Waals surface area contributed by atoms with Gasteiger partial charge in [-0.05, 0) is 30.3 Å². The van der Waals surface area contributed by atoms with E-state index >= 15 is 0 Å². The van der Waals surface area contributed by atoms with E-state index < -0.39 is 5.82 Å². The van der Waals surface area contributed by atoms with E-state index in [2.05, 4.69) is 10.1 Å². The highest BCUT2D eigenvalue weighted by atomic mass is 35.5. The zero-order valence-electron chi connectivity index (χ0n) is 10.2. The molecular weight excluding hydrogens is 281 g/mol. The maximum atomic E-state index is 14.0. The summed E-state index contributed by atoms with van der Waals surface area (Å²) in [7, 11) is 0. The van der Waals surface area contributed by atoms with Gasteiger partial charge in [0.25, 0.3) is 0 Å². The number of hydrogen-bond donors (Lipinski definition) is 1. The molecule has 0 atom stereocenters. The van der Waals surface area contributed by atoms with E-state index in [0.717, 1.165) is 0 Å². The molecule has 3 rings (SSSR count). The van der Waals surface area contributed by atoms with Crippen LogP contribution in [0.5, 0.6) is 0 Å². The van der Waals surface area contributed by atoms with Crippen LogP contribution >= 0.6 is 11.6 Å². The van der Waals surface area contributed by atoms with Gasteiger partial charge in [-0.3, -0.25) is 4.98 Å². The molecule has 0 aliphatic carbocycles. The molecule has 0 bridgehead atoms. The first kappa shape index (κ1) is 12.6. The van der Waals surface area contributed by atoms with Crippen LogP contribution in [0.3, 0.4) is 0 Å². The van der Waals surface area contributed by atoms with Crippen molar-refractivity contribution in [3.8, 4) is 22.5 Å². The van der Waals surface area contributed by atoms with Gasteiger partial charge in [-0.25, -0.2) is 4.39 Å². The Morgan fingerprint density at radius 1 is 1.20 bits per heavy atom. The van der Waals surface area contributed by atoms with E-state index in [1.165, 1.54) is 18.2 Å². The van der Waals surface area contributed by atoms with E-state index in [9.17, 15) is 4.39 Å². The molecule has 0 fully saturated rings. The van der Waals surface area contributed by atoms with Gasteiger partial charge >= 0.3 is 0 Å². The largest absolute Gasteiger partial charge is 0.367 e. The Hall–Kier alpha value is -2.40. The Morgan fingerprint density at radius 2 is 2.05 bits per heavy atom. The number of nitrogens with two attached hydrogens (primary N) is 1. The lowest BCUT2D eigenvalue weighted by atomic mass is 10.0. The molecule has 100 valence electrons. The quantitative estimate of drug-likeness (QED) is 0.780. The van der Waals surface area contributed by atoms with Gasteiger partial charge in [-0.1, -0.05) is 22.8 Å². The highest BCUT2D eigenvalue weighted by Gasteiger charge is 2.21. The fourth-order valence-electron chi connectivity index (χ4n) is 1.92. The van der Waals surface area contributed by atoms with Crippen molar-refractivity contribution in [1.29, 1.82) is 0 Å². The Balaban J connectivity index is 2.24. The maximum Gasteiger partial charge on any atom is 0.232 e. The number of rotatable bonds is 2. The molecule has 2 heterocycles. The summed E-state index contributed by atoms with van der Waals surface area (Å²) in [5.41, 5.74) is 7.28. The summed E-state index contributed by atoms with van der Waals surface area (Å²) >= 11 is 5.90. The number of pyridine rings is 1. The predicted molar refractivity (Wildman–Crippen MR) is 74.6 cm³/mol. The van der Waals surface area contributed by atoms with Crippen molar-refractivity contribution in [2.45, 2.75) is 0 Å². The molecule has 0 unspecified atom stereocenters. The molecular formula is C14H9ClFN3O. The second-order valence-electron chi connectivity index (χ2n) is 4.11. The third-order valence-corrected chi connectivity index (χ3v) is 3.06. The van der Waals surface area contributed by atoms with Crippen LogP contribution in [0.25, 0.3) is 22.5 Å². The third kappa shape index (κ3) is 2.12. The Bertz CT molecular complexity index is 758. The highest BCUT2D eigenvalue weighted by Crippen LogP contribution is 2.36. The summed E-state index contributed by atoms with van der Waals surface area (Å²) in [6.07, 6.45) is 1.61. The number of halogens is 2. The second-order valence-corrected chi connectivity index (χ2v) is 4.55. The number of benzene rings is 1. The smallest absolute Gasteiger partial charge is 0.232 e. The van der Waals surface area contributed by atoms with Crippen molar-refractivity contribution >= 4 is 17.5 Å². The van der Waals surface area contributed by atoms with Crippen molar-refractivity contribution in [3.63, 3.8) is 0 Å². The Kier molecular flexibility index (Phi) is 3.12. The first-order valence-corrected chi connectivity index (χ1v) is 6.16. The molecule has 20 heavy (non-hydrogen) atoms. The molecule has 3 aromatic rings. The summed E-state index contributed by atoms with van der Waals surface area (Å²) in [6.45, 7) is 0. The molecule has 0 aliphatic heterocycles. The first-order chi connectivity index (χ1) is 9.66. The number of aromatic nitrogens is 2. The lowest BCUT2D eigenvalue weighted by Gasteiger charge is -2.03. The standard InChI is InChI=1S/C14H9ClFN3O/c15-8-4-5-10(16)9(7-8)13-12(14(17)20-19-13)11-3-1-2-6-18-11/h1-7H,17H2. The van der Waals surface area contributed by atoms with E-state index in [0.29, 0.717) is 16.3 Å². The van der Waals surface area contributed by atoms with Gasteiger partial charge in [0.1, 0.15) is 11.5 Å². The normalized spacial score (nSPS) is 10.7. The fourth-order valence-corrected chi connectivity index (χ4v) is 2.10. The monoisotopic (exact) mass is 289 g/mol. The summed E-state index contributed by atoms with van der Waals surface area (Å²) in [6, 6.07) is 9.52. The molecule has 2 N–H and O–H groups in total. The van der Waals surface area contributed by atoms with Crippen molar-refractivity contribution in [2.24, 2.45) is 0 Å². The van der Waals surface area contributed by atoms with E-state index in [1.54, 1.807) is 24.4 Å². The van der Waals surface area contributed by atoms with E-state index in [4.69, 9.17) is 21.9 Å². The minimum atomic E-state index is -0.458. The minimum absolute atomic E-state index is 0.0816. The Labute approximate surface area is 119 Å². The van der Waals surface area contributed by atoms with Crippen molar-refractivity contribution < 1.29 is 8.91 Å². The molecule has 0 spiro atoms. The summed E-state index contributed by atoms with van der Waals surface area (Å²) in [5.74, 6) is -0.377. The minimum Gasteiger partial charge on any atom is -0.367 e. The highest BCUT2D eigenvalue weighted by molar-refractivity contribution is 6.30. The van der Waals surface area contributed by atoms with Crippen LogP contribution < -0.4 is 5.73 Å². The topological polar surface area (TPSA) is 64.9 Å². The van der Waals surface area contributed by atoms with Crippen LogP contribution in [-0.4, -0.2) is 10.1 Å². The second kappa shape index (κ2) is 4.94. The van der Waals surface area contributed by atoms with Crippen molar-refractivity contribution in [3.05, 3.63) is 53.4 Å². The number of nitrogen functional groups attached to an aromatic ring is 1. The average Bonchev–Trinajstić information content (AvgIpc) is 2.84. The lowest BCUT2D eigenvalue weighted by Crippen LogP contribution is -1.91. The first-order valence-electron chi connectivity index (χ1n) is 5.79. The van der Waals surface area contributed by atoms with Crippen molar-refractivity contribution in [1.82, 2.24) is 10.1 Å². The molecule has 1 aromatic carbocycles. The molecule has 6 heteroatoms. The van der Waals surface area contributed by atoms with Gasteiger partial charge < -0.3 is 10.3 Å². The molecule has 0 saturated heterocycles. The fraction of sp³-hybridized carbons (Fsp3) is 0. The molecule has 0 aliphatic rings. The van der Waals surface area contributed by atoms with Gasteiger partial charge in [0, 0.05) is 16.8 Å². The van der Waals surface area contributed by atoms with E-state index in [-0.39, 0.29) is 17.1 Å². The van der Waals surface area contributed by atoms with Crippen LogP contribution in [0.15, 0.2) is 47.1 Å². The summed E-state index contributed by atoms with van der Waals surface area (Å²) < 4.78 is 18.9. The van der Waals surface area contributed by atoms with E-state index in [1.807, 2.05) is 0 Å². The lowest BCUT2D eigenvalue weighted by molar-refractivity contribution is 0.439.